The lowest BCUT2D eigenvalue weighted by atomic mass is 10.2. The lowest BCUT2D eigenvalue weighted by Crippen LogP contribution is -2.56. The molecule has 0 bridgehead atoms. The second kappa shape index (κ2) is 9.02. The van der Waals surface area contributed by atoms with Crippen molar-refractivity contribution >= 4 is 43.0 Å². The largest absolute Gasteiger partial charge is 0.480 e. The van der Waals surface area contributed by atoms with Gasteiger partial charge in [-0.2, -0.15) is 25.3 Å². The lowest BCUT2D eigenvalue weighted by molar-refractivity contribution is -0.141. The number of aliphatic hydroxyl groups is 1. The molecule has 0 aromatic rings. The summed E-state index contributed by atoms with van der Waals surface area (Å²) in [5.74, 6) is -2.82. The summed E-state index contributed by atoms with van der Waals surface area (Å²) in [6, 6.07) is -3.37. The third-order valence-corrected chi connectivity index (χ3v) is 2.88. The summed E-state index contributed by atoms with van der Waals surface area (Å²) in [5.41, 5.74) is 5.27. The number of hydrogen-bond donors (Lipinski definition) is 7. The van der Waals surface area contributed by atoms with Crippen LogP contribution in [0.3, 0.4) is 0 Å². The molecule has 0 spiro atoms. The Bertz CT molecular complexity index is 342. The minimum absolute atomic E-state index is 0.0470. The molecule has 0 aromatic carbocycles. The highest BCUT2D eigenvalue weighted by atomic mass is 32.1. The highest BCUT2D eigenvalue weighted by molar-refractivity contribution is 7.80. The second-order valence-corrected chi connectivity index (χ2v) is 4.35. The molecule has 0 fully saturated rings. The molecule has 110 valence electrons. The molecule has 0 rings (SSSR count). The molecule has 0 aliphatic carbocycles. The zero-order valence-electron chi connectivity index (χ0n) is 9.94. The van der Waals surface area contributed by atoms with Crippen LogP contribution in [0.4, 0.5) is 0 Å². The van der Waals surface area contributed by atoms with E-state index in [2.05, 4.69) is 35.9 Å². The molecule has 0 heterocycles. The number of carbonyl (C=O) groups is 3. The van der Waals surface area contributed by atoms with Crippen molar-refractivity contribution in [1.29, 1.82) is 0 Å². The van der Waals surface area contributed by atoms with Crippen LogP contribution >= 0.6 is 25.3 Å². The molecular formula is C9H17N3O5S2. The van der Waals surface area contributed by atoms with Gasteiger partial charge in [-0.25, -0.2) is 4.79 Å². The highest BCUT2D eigenvalue weighted by Gasteiger charge is 2.26. The van der Waals surface area contributed by atoms with Gasteiger partial charge in [-0.15, -0.1) is 0 Å². The first kappa shape index (κ1) is 18.0. The Hall–Kier alpha value is -0.970. The monoisotopic (exact) mass is 311 g/mol. The molecule has 2 amide bonds. The van der Waals surface area contributed by atoms with E-state index < -0.39 is 42.5 Å². The maximum Gasteiger partial charge on any atom is 0.327 e. The number of thiol groups is 2. The Morgan fingerprint density at radius 2 is 1.53 bits per heavy atom. The number of carboxylic acid groups (broad SMARTS) is 1. The maximum atomic E-state index is 11.7. The third kappa shape index (κ3) is 6.14. The first-order valence-electron chi connectivity index (χ1n) is 5.29. The van der Waals surface area contributed by atoms with Gasteiger partial charge in [0.15, 0.2) is 0 Å². The normalized spacial score (nSPS) is 15.2. The molecule has 0 aromatic heterocycles. The third-order valence-electron chi connectivity index (χ3n) is 2.15. The van der Waals surface area contributed by atoms with Crippen LogP contribution in [0.25, 0.3) is 0 Å². The van der Waals surface area contributed by atoms with Gasteiger partial charge in [-0.1, -0.05) is 0 Å². The van der Waals surface area contributed by atoms with Crippen LogP contribution in [0, 0.1) is 0 Å². The van der Waals surface area contributed by atoms with E-state index in [4.69, 9.17) is 15.9 Å². The van der Waals surface area contributed by atoms with Crippen molar-refractivity contribution in [3.05, 3.63) is 0 Å². The van der Waals surface area contributed by atoms with Crippen LogP contribution in [-0.4, -0.2) is 64.2 Å². The Balaban J connectivity index is 4.56. The van der Waals surface area contributed by atoms with Gasteiger partial charge in [0.05, 0.1) is 6.61 Å². The predicted molar refractivity (Wildman–Crippen MR) is 74.3 cm³/mol. The van der Waals surface area contributed by atoms with Crippen LogP contribution in [0.1, 0.15) is 0 Å². The summed E-state index contributed by atoms with van der Waals surface area (Å²) in [4.78, 5) is 33.8. The van der Waals surface area contributed by atoms with E-state index in [0.29, 0.717) is 0 Å². The first-order chi connectivity index (χ1) is 8.87. The first-order valence-corrected chi connectivity index (χ1v) is 6.55. The van der Waals surface area contributed by atoms with E-state index in [-0.39, 0.29) is 11.5 Å². The zero-order valence-corrected chi connectivity index (χ0v) is 11.7. The van der Waals surface area contributed by atoms with E-state index in [9.17, 15) is 14.4 Å². The van der Waals surface area contributed by atoms with Crippen molar-refractivity contribution in [2.75, 3.05) is 18.1 Å². The number of carbonyl (C=O) groups excluding carboxylic acids is 2. The fourth-order valence-corrected chi connectivity index (χ4v) is 1.52. The van der Waals surface area contributed by atoms with Crippen molar-refractivity contribution in [2.24, 2.45) is 5.73 Å². The molecule has 6 N–H and O–H groups in total. The average molecular weight is 311 g/mol. The molecule has 10 heteroatoms. The van der Waals surface area contributed by atoms with Crippen LogP contribution in [0.2, 0.25) is 0 Å². The van der Waals surface area contributed by atoms with E-state index in [1.54, 1.807) is 0 Å². The van der Waals surface area contributed by atoms with Crippen molar-refractivity contribution in [2.45, 2.75) is 18.1 Å². The summed E-state index contributed by atoms with van der Waals surface area (Å²) >= 11 is 7.68. The standard InChI is InChI=1S/C9H17N3O5S2/c10-4(1-13)7(14)11-5(2-18)8(15)12-6(3-19)9(16)17/h4-6,13,18-19H,1-3,10H2,(H,11,14)(H,12,15)(H,16,17)/t4-,5?,6?/m0/s1. The van der Waals surface area contributed by atoms with E-state index in [1.165, 1.54) is 0 Å². The second-order valence-electron chi connectivity index (χ2n) is 3.61. The van der Waals surface area contributed by atoms with Gasteiger partial charge in [-0.3, -0.25) is 9.59 Å². The van der Waals surface area contributed by atoms with Crippen LogP contribution in [-0.2, 0) is 14.4 Å². The summed E-state index contributed by atoms with van der Waals surface area (Å²) in [6.45, 7) is -0.568. The SMILES string of the molecule is N[C@@H](CO)C(=O)NC(CS)C(=O)NC(CS)C(=O)O. The van der Waals surface area contributed by atoms with Gasteiger partial charge in [0.1, 0.15) is 18.1 Å². The van der Waals surface area contributed by atoms with Gasteiger partial charge >= 0.3 is 5.97 Å². The summed E-state index contributed by atoms with van der Waals surface area (Å²) in [5, 5.41) is 21.9. The van der Waals surface area contributed by atoms with Crippen molar-refractivity contribution in [1.82, 2.24) is 10.6 Å². The number of aliphatic carboxylic acids is 1. The van der Waals surface area contributed by atoms with Gasteiger partial charge in [0, 0.05) is 11.5 Å². The average Bonchev–Trinajstić information content (AvgIpc) is 2.39. The molecule has 0 radical (unpaired) electrons. The Labute approximate surface area is 120 Å². The Morgan fingerprint density at radius 1 is 1.05 bits per heavy atom. The van der Waals surface area contributed by atoms with Crippen molar-refractivity contribution < 1.29 is 24.6 Å². The van der Waals surface area contributed by atoms with Crippen LogP contribution in [0.15, 0.2) is 0 Å². The number of carboxylic acids is 1. The van der Waals surface area contributed by atoms with E-state index in [1.807, 2.05) is 0 Å². The minimum Gasteiger partial charge on any atom is -0.480 e. The molecule has 19 heavy (non-hydrogen) atoms. The van der Waals surface area contributed by atoms with Crippen molar-refractivity contribution in [3.63, 3.8) is 0 Å². The van der Waals surface area contributed by atoms with Crippen LogP contribution < -0.4 is 16.4 Å². The molecule has 0 aliphatic heterocycles. The minimum atomic E-state index is -1.24. The topological polar surface area (TPSA) is 142 Å². The number of nitrogens with two attached hydrogens (primary N) is 1. The summed E-state index contributed by atoms with van der Waals surface area (Å²) < 4.78 is 0. The fraction of sp³-hybridized carbons (Fsp3) is 0.667. The highest BCUT2D eigenvalue weighted by Crippen LogP contribution is 1.94. The summed E-state index contributed by atoms with van der Waals surface area (Å²) in [6.07, 6.45) is 0. The van der Waals surface area contributed by atoms with E-state index >= 15 is 0 Å². The Morgan fingerprint density at radius 3 is 1.89 bits per heavy atom. The fourth-order valence-electron chi connectivity index (χ4n) is 1.01. The molecule has 2 unspecified atom stereocenters. The van der Waals surface area contributed by atoms with Crippen molar-refractivity contribution in [3.8, 4) is 0 Å². The number of nitrogens with one attached hydrogen (secondary N) is 2. The number of aliphatic hydroxyl groups excluding tert-OH is 1. The number of rotatable bonds is 8. The lowest BCUT2D eigenvalue weighted by Gasteiger charge is -2.20. The van der Waals surface area contributed by atoms with Crippen LogP contribution in [0.5, 0.6) is 0 Å². The van der Waals surface area contributed by atoms with Gasteiger partial charge < -0.3 is 26.6 Å². The molecule has 3 atom stereocenters. The predicted octanol–water partition coefficient (Wildman–Crippen LogP) is -2.78. The molecule has 0 saturated carbocycles. The number of amides is 2. The number of hydrogen-bond acceptors (Lipinski definition) is 7. The smallest absolute Gasteiger partial charge is 0.327 e. The Kier molecular flexibility index (Phi) is 8.56. The molecular weight excluding hydrogens is 294 g/mol. The molecule has 0 saturated heterocycles. The summed E-state index contributed by atoms with van der Waals surface area (Å²) in [7, 11) is 0. The zero-order chi connectivity index (χ0) is 15.0. The van der Waals surface area contributed by atoms with Gasteiger partial charge in [0.25, 0.3) is 0 Å². The quantitative estimate of drug-likeness (QED) is 0.242. The van der Waals surface area contributed by atoms with E-state index in [0.717, 1.165) is 0 Å². The molecule has 8 nitrogen and oxygen atoms in total. The van der Waals surface area contributed by atoms with Gasteiger partial charge in [0.2, 0.25) is 11.8 Å². The maximum absolute atomic E-state index is 11.7. The van der Waals surface area contributed by atoms with Gasteiger partial charge in [-0.05, 0) is 0 Å². The molecule has 0 aliphatic rings.